The van der Waals surface area contributed by atoms with Crippen molar-refractivity contribution in [1.82, 2.24) is 19.5 Å². The summed E-state index contributed by atoms with van der Waals surface area (Å²) in [5.41, 5.74) is 18.6. The molecule has 0 aliphatic heterocycles. The van der Waals surface area contributed by atoms with Gasteiger partial charge in [-0.15, -0.1) is 0 Å². The number of esters is 2. The Bertz CT molecular complexity index is 884. The average molecular weight is 436 g/mol. The van der Waals surface area contributed by atoms with Gasteiger partial charge in [0.2, 0.25) is 5.95 Å². The zero-order chi connectivity index (χ0) is 23.1. The third kappa shape index (κ3) is 6.86. The molecule has 3 atom stereocenters. The van der Waals surface area contributed by atoms with Crippen LogP contribution in [0.5, 0.6) is 0 Å². The first-order valence-electron chi connectivity index (χ1n) is 10.4. The molecule has 0 aromatic carbocycles. The Hall–Kier alpha value is -2.79. The van der Waals surface area contributed by atoms with Crippen LogP contribution in [0.4, 0.5) is 5.95 Å². The molecule has 0 bridgehead atoms. The standard InChI is InChI=1S/C20H33N7O4/c1-11(2)15(21)18(28)30-6-5-13(9-31-19(29)16(22)12(3)4)8-27-10-25-14-7-24-20(23)26-17(14)27/h7,10-13,15-16H,5-6,8-9,21-22H2,1-4H3,(H2,23,24,26)/t13-,15+,16+/m1/s1. The Morgan fingerprint density at radius 1 is 1.03 bits per heavy atom. The molecule has 0 aliphatic rings. The average Bonchev–Trinajstić information content (AvgIpc) is 3.11. The number of ether oxygens (including phenoxy) is 2. The Kier molecular flexibility index (Phi) is 8.69. The number of nitrogens with two attached hydrogens (primary N) is 3. The molecule has 31 heavy (non-hydrogen) atoms. The van der Waals surface area contributed by atoms with Crippen LogP contribution in [0.3, 0.4) is 0 Å². The van der Waals surface area contributed by atoms with E-state index in [4.69, 9.17) is 26.7 Å². The fourth-order valence-electron chi connectivity index (χ4n) is 2.77. The number of nitrogens with zero attached hydrogens (tertiary/aromatic N) is 4. The van der Waals surface area contributed by atoms with Crippen molar-refractivity contribution in [3.05, 3.63) is 12.5 Å². The van der Waals surface area contributed by atoms with Gasteiger partial charge in [-0.3, -0.25) is 9.59 Å². The van der Waals surface area contributed by atoms with Gasteiger partial charge in [-0.2, -0.15) is 4.98 Å². The van der Waals surface area contributed by atoms with Gasteiger partial charge in [0.15, 0.2) is 5.65 Å². The normalized spacial score (nSPS) is 14.6. The predicted octanol–water partition coefficient (Wildman–Crippen LogP) is 0.468. The highest BCUT2D eigenvalue weighted by Gasteiger charge is 2.23. The summed E-state index contributed by atoms with van der Waals surface area (Å²) in [5, 5.41) is 0. The molecular formula is C20H33N7O4. The number of aromatic nitrogens is 4. The molecule has 0 aliphatic carbocycles. The van der Waals surface area contributed by atoms with Crippen molar-refractivity contribution in [3.8, 4) is 0 Å². The van der Waals surface area contributed by atoms with Crippen LogP contribution in [0, 0.1) is 17.8 Å². The number of fused-ring (bicyclic) bond motifs is 1. The number of anilines is 1. The maximum atomic E-state index is 12.2. The van der Waals surface area contributed by atoms with Crippen LogP contribution in [-0.2, 0) is 25.6 Å². The first-order valence-corrected chi connectivity index (χ1v) is 10.4. The largest absolute Gasteiger partial charge is 0.465 e. The molecule has 0 spiro atoms. The number of carbonyl (C=O) groups excluding carboxylic acids is 2. The Labute approximate surface area is 181 Å². The van der Waals surface area contributed by atoms with E-state index in [0.29, 0.717) is 24.1 Å². The number of hydrogen-bond acceptors (Lipinski definition) is 10. The lowest BCUT2D eigenvalue weighted by molar-refractivity contribution is -0.150. The van der Waals surface area contributed by atoms with Crippen LogP contribution < -0.4 is 17.2 Å². The highest BCUT2D eigenvalue weighted by Crippen LogP contribution is 2.16. The molecule has 0 saturated heterocycles. The van der Waals surface area contributed by atoms with Crippen LogP contribution in [-0.4, -0.2) is 56.8 Å². The van der Waals surface area contributed by atoms with E-state index in [1.165, 1.54) is 0 Å². The number of carbonyl (C=O) groups is 2. The quantitative estimate of drug-likeness (QED) is 0.421. The summed E-state index contributed by atoms with van der Waals surface area (Å²) in [7, 11) is 0. The van der Waals surface area contributed by atoms with E-state index < -0.39 is 24.0 Å². The molecule has 0 unspecified atom stereocenters. The molecule has 0 amide bonds. The molecule has 0 fully saturated rings. The van der Waals surface area contributed by atoms with Gasteiger partial charge in [0.1, 0.15) is 17.6 Å². The minimum absolute atomic E-state index is 0.0239. The molecule has 172 valence electrons. The smallest absolute Gasteiger partial charge is 0.323 e. The second-order valence-electron chi connectivity index (χ2n) is 8.33. The topological polar surface area (TPSA) is 174 Å². The van der Waals surface area contributed by atoms with Crippen molar-refractivity contribution >= 4 is 29.1 Å². The molecule has 11 nitrogen and oxygen atoms in total. The van der Waals surface area contributed by atoms with Crippen molar-refractivity contribution < 1.29 is 19.1 Å². The van der Waals surface area contributed by atoms with E-state index in [1.807, 2.05) is 27.7 Å². The van der Waals surface area contributed by atoms with Crippen molar-refractivity contribution in [2.75, 3.05) is 18.9 Å². The number of rotatable bonds is 11. The lowest BCUT2D eigenvalue weighted by atomic mass is 10.0. The van der Waals surface area contributed by atoms with Gasteiger partial charge in [0, 0.05) is 12.5 Å². The van der Waals surface area contributed by atoms with Gasteiger partial charge < -0.3 is 31.2 Å². The molecule has 2 heterocycles. The molecule has 11 heteroatoms. The summed E-state index contributed by atoms with van der Waals surface area (Å²) >= 11 is 0. The highest BCUT2D eigenvalue weighted by molar-refractivity contribution is 5.76. The lowest BCUT2D eigenvalue weighted by Gasteiger charge is -2.21. The SMILES string of the molecule is CC(C)[C@H](N)C(=O)OCC[C@@H](COC(=O)[C@@H](N)C(C)C)Cn1cnc2cnc(N)nc21. The predicted molar refractivity (Wildman–Crippen MR) is 115 cm³/mol. The summed E-state index contributed by atoms with van der Waals surface area (Å²) < 4.78 is 12.6. The maximum Gasteiger partial charge on any atom is 0.323 e. The van der Waals surface area contributed by atoms with Crippen molar-refractivity contribution in [2.24, 2.45) is 29.2 Å². The summed E-state index contributed by atoms with van der Waals surface area (Å²) in [5.74, 6) is -1.04. The zero-order valence-electron chi connectivity index (χ0n) is 18.5. The summed E-state index contributed by atoms with van der Waals surface area (Å²) in [4.78, 5) is 36.6. The van der Waals surface area contributed by atoms with Gasteiger partial charge in [0.25, 0.3) is 0 Å². The Morgan fingerprint density at radius 3 is 2.26 bits per heavy atom. The highest BCUT2D eigenvalue weighted by atomic mass is 16.5. The molecule has 0 radical (unpaired) electrons. The second kappa shape index (κ2) is 11.0. The van der Waals surface area contributed by atoms with Crippen LogP contribution in [0.15, 0.2) is 12.5 Å². The first kappa shape index (κ1) is 24.5. The zero-order valence-corrected chi connectivity index (χ0v) is 18.5. The number of nitrogen functional groups attached to an aromatic ring is 1. The number of hydrogen-bond donors (Lipinski definition) is 3. The molecule has 2 aromatic rings. The third-order valence-electron chi connectivity index (χ3n) is 5.04. The Morgan fingerprint density at radius 2 is 1.65 bits per heavy atom. The minimum atomic E-state index is -0.705. The fraction of sp³-hybridized carbons (Fsp3) is 0.650. The van der Waals surface area contributed by atoms with E-state index >= 15 is 0 Å². The monoisotopic (exact) mass is 435 g/mol. The fourth-order valence-corrected chi connectivity index (χ4v) is 2.77. The summed E-state index contributed by atoms with van der Waals surface area (Å²) in [6, 6.07) is -1.39. The summed E-state index contributed by atoms with van der Waals surface area (Å²) in [6.07, 6.45) is 3.61. The van der Waals surface area contributed by atoms with Gasteiger partial charge in [-0.25, -0.2) is 9.97 Å². The van der Waals surface area contributed by atoms with Gasteiger partial charge >= 0.3 is 11.9 Å². The summed E-state index contributed by atoms with van der Waals surface area (Å²) in [6.45, 7) is 8.07. The van der Waals surface area contributed by atoms with Crippen LogP contribution in [0.25, 0.3) is 11.2 Å². The second-order valence-corrected chi connectivity index (χ2v) is 8.33. The van der Waals surface area contributed by atoms with E-state index in [2.05, 4.69) is 15.0 Å². The van der Waals surface area contributed by atoms with Crippen LogP contribution >= 0.6 is 0 Å². The van der Waals surface area contributed by atoms with Crippen LogP contribution in [0.1, 0.15) is 34.1 Å². The Balaban J connectivity index is 2.06. The van der Waals surface area contributed by atoms with E-state index in [9.17, 15) is 9.59 Å². The first-order chi connectivity index (χ1) is 14.6. The van der Waals surface area contributed by atoms with Crippen molar-refractivity contribution in [3.63, 3.8) is 0 Å². The molecule has 2 aromatic heterocycles. The van der Waals surface area contributed by atoms with E-state index in [1.54, 1.807) is 17.1 Å². The molecular weight excluding hydrogens is 402 g/mol. The maximum absolute atomic E-state index is 12.2. The minimum Gasteiger partial charge on any atom is -0.465 e. The molecule has 6 N–H and O–H groups in total. The van der Waals surface area contributed by atoms with Crippen LogP contribution in [0.2, 0.25) is 0 Å². The third-order valence-corrected chi connectivity index (χ3v) is 5.04. The van der Waals surface area contributed by atoms with Gasteiger partial charge in [-0.05, 0) is 18.3 Å². The lowest BCUT2D eigenvalue weighted by Crippen LogP contribution is -2.38. The van der Waals surface area contributed by atoms with E-state index in [0.717, 1.165) is 0 Å². The molecule has 0 saturated carbocycles. The van der Waals surface area contributed by atoms with Gasteiger partial charge in [-0.1, -0.05) is 27.7 Å². The van der Waals surface area contributed by atoms with Crippen molar-refractivity contribution in [1.29, 1.82) is 0 Å². The molecule has 2 rings (SSSR count). The van der Waals surface area contributed by atoms with E-state index in [-0.39, 0.29) is 36.9 Å². The van der Waals surface area contributed by atoms with Crippen molar-refractivity contribution in [2.45, 2.75) is 52.7 Å². The number of imidazole rings is 1. The van der Waals surface area contributed by atoms with Gasteiger partial charge in [0.05, 0.1) is 25.7 Å².